The lowest BCUT2D eigenvalue weighted by Gasteiger charge is -2.27. The average Bonchev–Trinajstić information content (AvgIpc) is 4.02. The van der Waals surface area contributed by atoms with E-state index in [1.807, 2.05) is 0 Å². The summed E-state index contributed by atoms with van der Waals surface area (Å²) in [5.41, 5.74) is 10.6. The molecule has 0 unspecified atom stereocenters. The number of hydrogen-bond donors (Lipinski definition) is 2. The lowest BCUT2D eigenvalue weighted by atomic mass is 9.80. The molecule has 446 valence electrons. The van der Waals surface area contributed by atoms with Gasteiger partial charge in [-0.15, -0.1) is 0 Å². The van der Waals surface area contributed by atoms with Gasteiger partial charge < -0.3 is 4.90 Å². The molecule has 0 saturated carbocycles. The number of benzene rings is 4. The van der Waals surface area contributed by atoms with Crippen molar-refractivity contribution in [2.45, 2.75) is 268 Å². The third kappa shape index (κ3) is 19.9. The number of fused-ring (bicyclic) bond motifs is 2. The fourth-order valence-electron chi connectivity index (χ4n) is 12.7. The SMILES string of the molecule is CCCCCCCCCCCCCCCCCCN1/C(=C\C=C\C2=[N+](CCCCCCCCCCCCCCCCCC)c3cc(-c4ccc(S(=O)(=O)O)cc4)ccc3C2(C)C)C(C)(C)c2ccc(-c3ccc(S(=O)(=O)O)cc3)cc21. The molecule has 0 amide bonds. The molecular weight excluding hydrogens is 1040 g/mol. The van der Waals surface area contributed by atoms with E-state index >= 15 is 0 Å². The topological polar surface area (TPSA) is 115 Å². The maximum Gasteiger partial charge on any atom is 0.294 e. The summed E-state index contributed by atoms with van der Waals surface area (Å²) in [7, 11) is -8.60. The lowest BCUT2D eigenvalue weighted by Crippen LogP contribution is -2.28. The molecule has 0 aromatic heterocycles. The number of nitrogens with zero attached hydrogens (tertiary/aromatic N) is 2. The Morgan fingerprint density at radius 3 is 1.20 bits per heavy atom. The summed E-state index contributed by atoms with van der Waals surface area (Å²) >= 11 is 0. The minimum atomic E-state index is -4.30. The highest BCUT2D eigenvalue weighted by molar-refractivity contribution is 7.86. The van der Waals surface area contributed by atoms with Crippen molar-refractivity contribution in [1.29, 1.82) is 0 Å². The van der Waals surface area contributed by atoms with Crippen LogP contribution in [0.3, 0.4) is 0 Å². The van der Waals surface area contributed by atoms with Crippen LogP contribution >= 0.6 is 0 Å². The molecule has 2 N–H and O–H groups in total. The smallest absolute Gasteiger partial charge is 0.294 e. The first-order valence-electron chi connectivity index (χ1n) is 32.2. The van der Waals surface area contributed by atoms with Gasteiger partial charge in [0.2, 0.25) is 5.69 Å². The molecule has 8 nitrogen and oxygen atoms in total. The molecule has 0 fully saturated rings. The Balaban J connectivity index is 1.17. The van der Waals surface area contributed by atoms with Crippen molar-refractivity contribution in [2.75, 3.05) is 18.0 Å². The summed E-state index contributed by atoms with van der Waals surface area (Å²) in [5.74, 6) is 0. The zero-order valence-electron chi connectivity index (χ0n) is 51.1. The van der Waals surface area contributed by atoms with E-state index in [1.165, 1.54) is 251 Å². The van der Waals surface area contributed by atoms with Crippen LogP contribution in [0.1, 0.15) is 258 Å². The highest BCUT2D eigenvalue weighted by Crippen LogP contribution is 2.50. The molecule has 0 spiro atoms. The Bertz CT molecular complexity index is 2860. The quantitative estimate of drug-likeness (QED) is 0.0259. The van der Waals surface area contributed by atoms with Crippen LogP contribution in [0.25, 0.3) is 22.3 Å². The van der Waals surface area contributed by atoms with Crippen LogP contribution in [-0.4, -0.2) is 49.3 Å². The van der Waals surface area contributed by atoms with E-state index in [4.69, 9.17) is 0 Å². The molecular formula is C71H105N2O6S2+. The van der Waals surface area contributed by atoms with Crippen LogP contribution in [-0.2, 0) is 31.1 Å². The van der Waals surface area contributed by atoms with Gasteiger partial charge in [0, 0.05) is 47.5 Å². The molecule has 4 aromatic carbocycles. The monoisotopic (exact) mass is 1150 g/mol. The van der Waals surface area contributed by atoms with Gasteiger partial charge in [0.15, 0.2) is 5.71 Å². The molecule has 0 aliphatic carbocycles. The second-order valence-corrected chi connectivity index (χ2v) is 27.8. The standard InChI is InChI=1S/C71H104N2O6S2/c1-7-9-11-13-15-17-19-21-23-25-27-29-31-33-35-37-54-72-66-56-60(58-42-48-62(49-43-58)80(74,75)76)46-52-64(66)70(3,4)68(72)40-39-41-69-71(5,6)65-53-47-61(59-44-50-63(51-45-59)81(77,78)79)57-67(65)73(69)55-38-36-34-32-30-28-26-24-22-20-18-16-14-12-10-8-2/h39-53,56-57H,7-38,54-55H2,1-6H3,(H-,74,75,76,77,78,79)/p+1. The molecule has 4 aromatic rings. The molecule has 2 heterocycles. The van der Waals surface area contributed by atoms with Crippen molar-refractivity contribution in [2.24, 2.45) is 0 Å². The first-order valence-corrected chi connectivity index (χ1v) is 35.1. The van der Waals surface area contributed by atoms with E-state index in [1.54, 1.807) is 24.3 Å². The van der Waals surface area contributed by atoms with Crippen LogP contribution in [0.4, 0.5) is 11.4 Å². The number of hydrogen-bond acceptors (Lipinski definition) is 5. The third-order valence-electron chi connectivity index (χ3n) is 17.7. The van der Waals surface area contributed by atoms with Crippen molar-refractivity contribution in [3.8, 4) is 22.3 Å². The Labute approximate surface area is 492 Å². The van der Waals surface area contributed by atoms with Crippen LogP contribution in [0.15, 0.2) is 119 Å². The van der Waals surface area contributed by atoms with Gasteiger partial charge in [-0.25, -0.2) is 0 Å². The van der Waals surface area contributed by atoms with Gasteiger partial charge in [-0.3, -0.25) is 9.11 Å². The molecule has 81 heavy (non-hydrogen) atoms. The fourth-order valence-corrected chi connectivity index (χ4v) is 13.7. The van der Waals surface area contributed by atoms with Gasteiger partial charge in [-0.1, -0.05) is 269 Å². The van der Waals surface area contributed by atoms with Gasteiger partial charge in [-0.05, 0) is 90.9 Å². The normalized spacial score (nSPS) is 15.4. The first-order chi connectivity index (χ1) is 39.0. The summed E-state index contributed by atoms with van der Waals surface area (Å²) in [6, 6.07) is 26.3. The molecule has 0 saturated heterocycles. The Morgan fingerprint density at radius 2 is 0.790 bits per heavy atom. The molecule has 6 rings (SSSR count). The summed E-state index contributed by atoms with van der Waals surface area (Å²) in [6.45, 7) is 15.7. The molecule has 10 heteroatoms. The molecule has 0 atom stereocenters. The Hall–Kier alpha value is -4.35. The minimum absolute atomic E-state index is 0.112. The van der Waals surface area contributed by atoms with E-state index in [9.17, 15) is 25.9 Å². The summed E-state index contributed by atoms with van der Waals surface area (Å²) in [5, 5.41) is 0. The van der Waals surface area contributed by atoms with Gasteiger partial charge in [0.05, 0.1) is 15.2 Å². The maximum atomic E-state index is 11.9. The number of allylic oxidation sites excluding steroid dienone is 4. The van der Waals surface area contributed by atoms with E-state index < -0.39 is 20.2 Å². The summed E-state index contributed by atoms with van der Waals surface area (Å²) in [4.78, 5) is 2.31. The van der Waals surface area contributed by atoms with Crippen molar-refractivity contribution < 1.29 is 30.5 Å². The highest BCUT2D eigenvalue weighted by Gasteiger charge is 2.45. The molecule has 2 aliphatic rings. The first kappa shape index (κ1) is 65.8. The van der Waals surface area contributed by atoms with Crippen molar-refractivity contribution in [3.63, 3.8) is 0 Å². The second-order valence-electron chi connectivity index (χ2n) is 24.9. The lowest BCUT2D eigenvalue weighted by molar-refractivity contribution is -0.438. The van der Waals surface area contributed by atoms with Crippen molar-refractivity contribution in [1.82, 2.24) is 0 Å². The van der Waals surface area contributed by atoms with E-state index in [0.717, 1.165) is 48.2 Å². The number of unbranched alkanes of at least 4 members (excludes halogenated alkanes) is 30. The largest absolute Gasteiger partial charge is 0.344 e. The number of anilines is 1. The average molecular weight is 1150 g/mol. The predicted molar refractivity (Wildman–Crippen MR) is 343 cm³/mol. The van der Waals surface area contributed by atoms with Gasteiger partial charge >= 0.3 is 0 Å². The van der Waals surface area contributed by atoms with Crippen LogP contribution in [0, 0.1) is 0 Å². The van der Waals surface area contributed by atoms with Crippen LogP contribution in [0.5, 0.6) is 0 Å². The van der Waals surface area contributed by atoms with Crippen molar-refractivity contribution >= 4 is 37.3 Å². The molecule has 2 aliphatic heterocycles. The van der Waals surface area contributed by atoms with Gasteiger partial charge in [0.25, 0.3) is 20.2 Å². The van der Waals surface area contributed by atoms with Crippen LogP contribution < -0.4 is 4.90 Å². The Morgan fingerprint density at radius 1 is 0.432 bits per heavy atom. The van der Waals surface area contributed by atoms with Crippen molar-refractivity contribution in [3.05, 3.63) is 120 Å². The number of rotatable bonds is 40. The minimum Gasteiger partial charge on any atom is -0.344 e. The van der Waals surface area contributed by atoms with Gasteiger partial charge in [-0.2, -0.15) is 21.4 Å². The molecule has 0 radical (unpaired) electrons. The fraction of sp³-hybridized carbons (Fsp3) is 0.592. The zero-order chi connectivity index (χ0) is 58.1. The highest BCUT2D eigenvalue weighted by atomic mass is 32.2. The second kappa shape index (κ2) is 33.2. The van der Waals surface area contributed by atoms with Gasteiger partial charge in [0.1, 0.15) is 6.54 Å². The summed E-state index contributed by atoms with van der Waals surface area (Å²) < 4.78 is 69.6. The maximum absolute atomic E-state index is 11.9. The van der Waals surface area contributed by atoms with E-state index in [0.29, 0.717) is 0 Å². The zero-order valence-corrected chi connectivity index (χ0v) is 52.7. The van der Waals surface area contributed by atoms with E-state index in [2.05, 4.69) is 106 Å². The Kier molecular flexibility index (Phi) is 27.0. The van der Waals surface area contributed by atoms with E-state index in [-0.39, 0.29) is 20.6 Å². The predicted octanol–water partition coefficient (Wildman–Crippen LogP) is 20.7. The third-order valence-corrected chi connectivity index (χ3v) is 19.5. The van der Waals surface area contributed by atoms with Crippen LogP contribution in [0.2, 0.25) is 0 Å². The summed E-state index contributed by atoms with van der Waals surface area (Å²) in [6.07, 6.45) is 49.4. The molecule has 0 bridgehead atoms.